The Kier molecular flexibility index (Phi) is 4.56. The Labute approximate surface area is 118 Å². The Morgan fingerprint density at radius 2 is 2.29 bits per heavy atom. The van der Waals surface area contributed by atoms with Gasteiger partial charge in [-0.15, -0.1) is 11.3 Å². The van der Waals surface area contributed by atoms with Gasteiger partial charge in [-0.2, -0.15) is 0 Å². The number of nitrogens with one attached hydrogen (secondary N) is 1. The first-order valence-electron chi connectivity index (χ1n) is 5.31. The van der Waals surface area contributed by atoms with Crippen LogP contribution in [-0.4, -0.2) is 11.5 Å². The van der Waals surface area contributed by atoms with E-state index in [0.717, 1.165) is 33.2 Å². The molecule has 17 heavy (non-hydrogen) atoms. The molecule has 90 valence electrons. The van der Waals surface area contributed by atoms with Crippen LogP contribution >= 0.6 is 38.9 Å². The van der Waals surface area contributed by atoms with Gasteiger partial charge >= 0.3 is 0 Å². The van der Waals surface area contributed by atoms with Crippen molar-refractivity contribution in [3.05, 3.63) is 38.8 Å². The molecule has 2 nitrogen and oxygen atoms in total. The summed E-state index contributed by atoms with van der Waals surface area (Å²) in [5.74, 6) is 0. The summed E-state index contributed by atoms with van der Waals surface area (Å²) in [6.45, 7) is 3.92. The fourth-order valence-corrected chi connectivity index (χ4v) is 3.17. The van der Waals surface area contributed by atoms with E-state index in [4.69, 9.17) is 11.6 Å². The van der Waals surface area contributed by atoms with Crippen molar-refractivity contribution >= 4 is 38.9 Å². The first kappa shape index (κ1) is 13.0. The third-order valence-electron chi connectivity index (χ3n) is 2.26. The number of halogens is 2. The van der Waals surface area contributed by atoms with Crippen molar-refractivity contribution in [1.82, 2.24) is 10.3 Å². The lowest BCUT2D eigenvalue weighted by atomic mass is 10.2. The van der Waals surface area contributed by atoms with E-state index in [9.17, 15) is 0 Å². The van der Waals surface area contributed by atoms with Gasteiger partial charge < -0.3 is 5.32 Å². The van der Waals surface area contributed by atoms with E-state index >= 15 is 0 Å². The molecule has 2 rings (SSSR count). The topological polar surface area (TPSA) is 24.9 Å². The summed E-state index contributed by atoms with van der Waals surface area (Å²) in [6, 6.07) is 5.86. The van der Waals surface area contributed by atoms with Crippen molar-refractivity contribution in [3.8, 4) is 10.6 Å². The van der Waals surface area contributed by atoms with Crippen LogP contribution in [0.2, 0.25) is 5.02 Å². The lowest BCUT2D eigenvalue weighted by Crippen LogP contribution is -2.10. The fourth-order valence-electron chi connectivity index (χ4n) is 1.42. The van der Waals surface area contributed by atoms with Crippen LogP contribution in [0.15, 0.2) is 28.9 Å². The van der Waals surface area contributed by atoms with Crippen molar-refractivity contribution in [2.45, 2.75) is 13.5 Å². The lowest BCUT2D eigenvalue weighted by Gasteiger charge is -2.00. The highest BCUT2D eigenvalue weighted by molar-refractivity contribution is 9.10. The molecule has 0 aliphatic carbocycles. The monoisotopic (exact) mass is 330 g/mol. The predicted octanol–water partition coefficient (Wildman–Crippen LogP) is 4.34. The SMILES string of the molecule is CCNCc1cnc(-c2ccc(Br)cc2Cl)s1. The summed E-state index contributed by atoms with van der Waals surface area (Å²) >= 11 is 11.3. The molecule has 0 spiro atoms. The highest BCUT2D eigenvalue weighted by Crippen LogP contribution is 2.32. The van der Waals surface area contributed by atoms with Crippen molar-refractivity contribution < 1.29 is 0 Å². The maximum atomic E-state index is 6.20. The maximum absolute atomic E-state index is 6.20. The Morgan fingerprint density at radius 3 is 3.00 bits per heavy atom. The Morgan fingerprint density at radius 1 is 1.47 bits per heavy atom. The molecule has 0 bridgehead atoms. The third-order valence-corrected chi connectivity index (χ3v) is 4.10. The molecule has 2 aromatic rings. The number of thiazole rings is 1. The van der Waals surface area contributed by atoms with Crippen molar-refractivity contribution in [2.75, 3.05) is 6.54 Å². The summed E-state index contributed by atoms with van der Waals surface area (Å²) in [4.78, 5) is 5.63. The first-order chi connectivity index (χ1) is 8.20. The van der Waals surface area contributed by atoms with E-state index in [-0.39, 0.29) is 0 Å². The molecule has 0 aliphatic heterocycles. The van der Waals surface area contributed by atoms with E-state index in [1.165, 1.54) is 4.88 Å². The average Bonchev–Trinajstić information content (AvgIpc) is 2.75. The zero-order chi connectivity index (χ0) is 12.3. The van der Waals surface area contributed by atoms with Crippen LogP contribution in [-0.2, 0) is 6.54 Å². The minimum absolute atomic E-state index is 0.726. The Bertz CT molecular complexity index is 513. The number of benzene rings is 1. The van der Waals surface area contributed by atoms with Crippen LogP contribution in [0.5, 0.6) is 0 Å². The smallest absolute Gasteiger partial charge is 0.125 e. The van der Waals surface area contributed by atoms with Crippen LogP contribution in [0, 0.1) is 0 Å². The maximum Gasteiger partial charge on any atom is 0.125 e. The van der Waals surface area contributed by atoms with E-state index in [0.29, 0.717) is 0 Å². The molecule has 1 heterocycles. The fraction of sp³-hybridized carbons (Fsp3) is 0.250. The molecule has 0 aliphatic rings. The van der Waals surface area contributed by atoms with Crippen LogP contribution in [0.4, 0.5) is 0 Å². The van der Waals surface area contributed by atoms with Gasteiger partial charge in [-0.1, -0.05) is 34.5 Å². The van der Waals surface area contributed by atoms with E-state index < -0.39 is 0 Å². The molecule has 1 N–H and O–H groups in total. The Balaban J connectivity index is 2.24. The quantitative estimate of drug-likeness (QED) is 0.901. The second kappa shape index (κ2) is 5.96. The molecule has 0 saturated carbocycles. The van der Waals surface area contributed by atoms with Gasteiger partial charge in [0.1, 0.15) is 5.01 Å². The number of nitrogens with zero attached hydrogens (tertiary/aromatic N) is 1. The van der Waals surface area contributed by atoms with Crippen LogP contribution in [0.25, 0.3) is 10.6 Å². The Hall–Kier alpha value is -0.420. The number of hydrogen-bond donors (Lipinski definition) is 1. The second-order valence-corrected chi connectivity index (χ2v) is 5.97. The lowest BCUT2D eigenvalue weighted by molar-refractivity contribution is 0.734. The van der Waals surface area contributed by atoms with E-state index in [2.05, 4.69) is 33.2 Å². The normalized spacial score (nSPS) is 10.8. The van der Waals surface area contributed by atoms with Crippen molar-refractivity contribution in [3.63, 3.8) is 0 Å². The standard InChI is InChI=1S/C12H12BrClN2S/c1-2-15-6-9-7-16-12(17-9)10-4-3-8(13)5-11(10)14/h3-5,7,15H,2,6H2,1H3. The number of rotatable bonds is 4. The largest absolute Gasteiger partial charge is 0.312 e. The molecule has 0 unspecified atom stereocenters. The summed E-state index contributed by atoms with van der Waals surface area (Å²) in [7, 11) is 0. The van der Waals surface area contributed by atoms with Crippen molar-refractivity contribution in [1.29, 1.82) is 0 Å². The number of aromatic nitrogens is 1. The molecular formula is C12H12BrClN2S. The van der Waals surface area contributed by atoms with Gasteiger partial charge in [-0.25, -0.2) is 4.98 Å². The molecular weight excluding hydrogens is 320 g/mol. The average molecular weight is 332 g/mol. The molecule has 0 fully saturated rings. The molecule has 0 saturated heterocycles. The highest BCUT2D eigenvalue weighted by Gasteiger charge is 2.08. The van der Waals surface area contributed by atoms with E-state index in [1.807, 2.05) is 24.4 Å². The zero-order valence-electron chi connectivity index (χ0n) is 9.34. The summed E-state index contributed by atoms with van der Waals surface area (Å²) in [6.07, 6.45) is 1.90. The summed E-state index contributed by atoms with van der Waals surface area (Å²) in [5.41, 5.74) is 0.989. The number of hydrogen-bond acceptors (Lipinski definition) is 3. The van der Waals surface area contributed by atoms with Crippen LogP contribution in [0.1, 0.15) is 11.8 Å². The van der Waals surface area contributed by atoms with Gasteiger partial charge in [0, 0.05) is 27.7 Å². The third kappa shape index (κ3) is 3.28. The van der Waals surface area contributed by atoms with Gasteiger partial charge in [0.25, 0.3) is 0 Å². The summed E-state index contributed by atoms with van der Waals surface area (Å²) in [5, 5.41) is 4.98. The van der Waals surface area contributed by atoms with Gasteiger partial charge in [0.2, 0.25) is 0 Å². The van der Waals surface area contributed by atoms with Crippen molar-refractivity contribution in [2.24, 2.45) is 0 Å². The molecule has 5 heteroatoms. The highest BCUT2D eigenvalue weighted by atomic mass is 79.9. The van der Waals surface area contributed by atoms with Gasteiger partial charge in [-0.3, -0.25) is 0 Å². The molecule has 1 aromatic heterocycles. The van der Waals surface area contributed by atoms with Gasteiger partial charge in [0.05, 0.1) is 5.02 Å². The predicted molar refractivity (Wildman–Crippen MR) is 77.6 cm³/mol. The zero-order valence-corrected chi connectivity index (χ0v) is 12.5. The second-order valence-electron chi connectivity index (χ2n) is 3.54. The van der Waals surface area contributed by atoms with E-state index in [1.54, 1.807) is 11.3 Å². The van der Waals surface area contributed by atoms with Gasteiger partial charge in [-0.05, 0) is 24.7 Å². The minimum atomic E-state index is 0.726. The molecule has 0 atom stereocenters. The molecule has 1 aromatic carbocycles. The van der Waals surface area contributed by atoms with Crippen LogP contribution in [0.3, 0.4) is 0 Å². The minimum Gasteiger partial charge on any atom is -0.312 e. The molecule has 0 amide bonds. The first-order valence-corrected chi connectivity index (χ1v) is 7.30. The van der Waals surface area contributed by atoms with Crippen LogP contribution < -0.4 is 5.32 Å². The van der Waals surface area contributed by atoms with Gasteiger partial charge in [0.15, 0.2) is 0 Å². The summed E-state index contributed by atoms with van der Waals surface area (Å²) < 4.78 is 0.982. The molecule has 0 radical (unpaired) electrons.